The largest absolute Gasteiger partial charge is 0.432 e. The van der Waals surface area contributed by atoms with Crippen molar-refractivity contribution < 1.29 is 22.3 Å². The lowest BCUT2D eigenvalue weighted by atomic mass is 10.0. The van der Waals surface area contributed by atoms with Gasteiger partial charge in [-0.1, -0.05) is 30.3 Å². The molecule has 2 aromatic rings. The fourth-order valence-electron chi connectivity index (χ4n) is 1.56. The van der Waals surface area contributed by atoms with Crippen molar-refractivity contribution in [3.8, 4) is 16.9 Å². The molecule has 0 aliphatic carbocycles. The van der Waals surface area contributed by atoms with Crippen LogP contribution in [0.25, 0.3) is 11.1 Å². The van der Waals surface area contributed by atoms with E-state index >= 15 is 0 Å². The van der Waals surface area contributed by atoms with E-state index in [0.29, 0.717) is 5.56 Å². The molecule has 0 spiro atoms. The minimum absolute atomic E-state index is 0.00489. The lowest BCUT2D eigenvalue weighted by Crippen LogP contribution is -2.05. The van der Waals surface area contributed by atoms with Crippen LogP contribution in [0.3, 0.4) is 0 Å². The average Bonchev–Trinajstić information content (AvgIpc) is 2.36. The third-order valence-electron chi connectivity index (χ3n) is 2.35. The third-order valence-corrected chi connectivity index (χ3v) is 2.35. The van der Waals surface area contributed by atoms with Crippen molar-refractivity contribution >= 4 is 0 Å². The summed E-state index contributed by atoms with van der Waals surface area (Å²) in [6.07, 6.45) is 0. The van der Waals surface area contributed by atoms with Gasteiger partial charge in [-0.3, -0.25) is 0 Å². The number of ether oxygens (including phenoxy) is 1. The van der Waals surface area contributed by atoms with Crippen LogP contribution in [-0.2, 0) is 0 Å². The van der Waals surface area contributed by atoms with Crippen LogP contribution in [0, 0.1) is 11.6 Å². The van der Waals surface area contributed by atoms with E-state index in [0.717, 1.165) is 6.07 Å². The van der Waals surface area contributed by atoms with Crippen LogP contribution in [0.15, 0.2) is 42.5 Å². The van der Waals surface area contributed by atoms with Crippen molar-refractivity contribution in [3.63, 3.8) is 0 Å². The Hall–Kier alpha value is -2.04. The molecule has 0 N–H and O–H groups in total. The first kappa shape index (κ1) is 12.4. The van der Waals surface area contributed by atoms with Crippen molar-refractivity contribution in [1.29, 1.82) is 0 Å². The Kier molecular flexibility index (Phi) is 3.50. The van der Waals surface area contributed by atoms with Crippen molar-refractivity contribution in [2.24, 2.45) is 0 Å². The van der Waals surface area contributed by atoms with Crippen molar-refractivity contribution in [2.45, 2.75) is 6.61 Å². The lowest BCUT2D eigenvalue weighted by Gasteiger charge is -2.09. The minimum atomic E-state index is -3.19. The van der Waals surface area contributed by atoms with Gasteiger partial charge in [0.15, 0.2) is 11.6 Å². The number of benzene rings is 2. The van der Waals surface area contributed by atoms with E-state index in [2.05, 4.69) is 4.74 Å². The molecule has 0 aliphatic rings. The Morgan fingerprint density at radius 3 is 2.11 bits per heavy atom. The van der Waals surface area contributed by atoms with Crippen LogP contribution in [0.5, 0.6) is 5.75 Å². The molecule has 18 heavy (non-hydrogen) atoms. The van der Waals surface area contributed by atoms with Gasteiger partial charge in [-0.25, -0.2) is 4.39 Å². The molecule has 0 amide bonds. The SMILES string of the molecule is Fc1c(OC(F)F)ccc(-c2ccccc2)c1F. The Labute approximate surface area is 101 Å². The summed E-state index contributed by atoms with van der Waals surface area (Å²) in [5.41, 5.74) is 0.451. The normalized spacial score (nSPS) is 10.7. The fourth-order valence-corrected chi connectivity index (χ4v) is 1.56. The molecule has 0 saturated carbocycles. The molecule has 0 aromatic heterocycles. The molecular weight excluding hydrogens is 248 g/mol. The van der Waals surface area contributed by atoms with Gasteiger partial charge >= 0.3 is 6.61 Å². The van der Waals surface area contributed by atoms with Crippen LogP contribution in [0.1, 0.15) is 0 Å². The molecule has 2 rings (SSSR count). The molecule has 0 bridgehead atoms. The molecule has 0 atom stereocenters. The van der Waals surface area contributed by atoms with Crippen molar-refractivity contribution in [1.82, 2.24) is 0 Å². The van der Waals surface area contributed by atoms with Crippen LogP contribution >= 0.6 is 0 Å². The zero-order chi connectivity index (χ0) is 13.1. The maximum Gasteiger partial charge on any atom is 0.387 e. The maximum absolute atomic E-state index is 13.7. The van der Waals surface area contributed by atoms with Gasteiger partial charge in [0.25, 0.3) is 0 Å². The standard InChI is InChI=1S/C13H8F4O/c14-11-9(8-4-2-1-3-5-8)6-7-10(12(11)15)18-13(16)17/h1-7,13H. The van der Waals surface area contributed by atoms with E-state index in [1.165, 1.54) is 6.07 Å². The molecule has 5 heteroatoms. The number of halogens is 4. The zero-order valence-corrected chi connectivity index (χ0v) is 9.04. The average molecular weight is 256 g/mol. The van der Waals surface area contributed by atoms with Gasteiger partial charge in [0.1, 0.15) is 0 Å². The van der Waals surface area contributed by atoms with Crippen LogP contribution in [0.4, 0.5) is 17.6 Å². The molecule has 0 radical (unpaired) electrons. The molecule has 0 unspecified atom stereocenters. The summed E-state index contributed by atoms with van der Waals surface area (Å²) in [5.74, 6) is -3.43. The van der Waals surface area contributed by atoms with Crippen molar-refractivity contribution in [3.05, 3.63) is 54.1 Å². The molecule has 0 heterocycles. The summed E-state index contributed by atoms with van der Waals surface area (Å²) in [5, 5.41) is 0. The van der Waals surface area contributed by atoms with Gasteiger partial charge in [0.2, 0.25) is 5.82 Å². The Bertz CT molecular complexity index is 540. The van der Waals surface area contributed by atoms with Crippen LogP contribution in [0.2, 0.25) is 0 Å². The Morgan fingerprint density at radius 2 is 1.50 bits per heavy atom. The summed E-state index contributed by atoms with van der Waals surface area (Å²) >= 11 is 0. The zero-order valence-electron chi connectivity index (χ0n) is 9.04. The van der Waals surface area contributed by atoms with Crippen LogP contribution < -0.4 is 4.74 Å². The molecule has 2 aromatic carbocycles. The summed E-state index contributed by atoms with van der Waals surface area (Å²) in [4.78, 5) is 0. The van der Waals surface area contributed by atoms with Gasteiger partial charge in [-0.15, -0.1) is 0 Å². The minimum Gasteiger partial charge on any atom is -0.432 e. The number of hydrogen-bond donors (Lipinski definition) is 0. The second-order valence-corrected chi connectivity index (χ2v) is 3.48. The van der Waals surface area contributed by atoms with Gasteiger partial charge in [0.05, 0.1) is 0 Å². The van der Waals surface area contributed by atoms with Gasteiger partial charge in [0, 0.05) is 5.56 Å². The lowest BCUT2D eigenvalue weighted by molar-refractivity contribution is -0.0525. The predicted octanol–water partition coefficient (Wildman–Crippen LogP) is 4.23. The molecule has 0 saturated heterocycles. The van der Waals surface area contributed by atoms with Crippen LogP contribution in [-0.4, -0.2) is 6.61 Å². The maximum atomic E-state index is 13.7. The second kappa shape index (κ2) is 5.08. The van der Waals surface area contributed by atoms with Gasteiger partial charge in [-0.2, -0.15) is 13.2 Å². The quantitative estimate of drug-likeness (QED) is 0.746. The summed E-state index contributed by atoms with van der Waals surface area (Å²) in [6.45, 7) is -3.19. The summed E-state index contributed by atoms with van der Waals surface area (Å²) < 4.78 is 54.9. The highest BCUT2D eigenvalue weighted by Gasteiger charge is 2.17. The molecule has 1 nitrogen and oxygen atoms in total. The first-order chi connectivity index (χ1) is 8.59. The molecular formula is C13H8F4O. The van der Waals surface area contributed by atoms with Gasteiger partial charge in [-0.05, 0) is 17.7 Å². The van der Waals surface area contributed by atoms with E-state index in [4.69, 9.17) is 0 Å². The smallest absolute Gasteiger partial charge is 0.387 e. The topological polar surface area (TPSA) is 9.23 Å². The van der Waals surface area contributed by atoms with Gasteiger partial charge < -0.3 is 4.74 Å². The number of rotatable bonds is 3. The fraction of sp³-hybridized carbons (Fsp3) is 0.0769. The highest BCUT2D eigenvalue weighted by molar-refractivity contribution is 5.65. The number of hydrogen-bond acceptors (Lipinski definition) is 1. The van der Waals surface area contributed by atoms with E-state index in [9.17, 15) is 17.6 Å². The molecule has 0 aliphatic heterocycles. The Balaban J connectivity index is 2.44. The van der Waals surface area contributed by atoms with E-state index in [-0.39, 0.29) is 5.56 Å². The first-order valence-corrected chi connectivity index (χ1v) is 5.08. The summed E-state index contributed by atoms with van der Waals surface area (Å²) in [7, 11) is 0. The summed E-state index contributed by atoms with van der Waals surface area (Å²) in [6, 6.07) is 10.4. The number of alkyl halides is 2. The molecule has 94 valence electrons. The first-order valence-electron chi connectivity index (χ1n) is 5.08. The Morgan fingerprint density at radius 1 is 0.833 bits per heavy atom. The third kappa shape index (κ3) is 2.45. The van der Waals surface area contributed by atoms with E-state index in [1.807, 2.05) is 0 Å². The van der Waals surface area contributed by atoms with E-state index in [1.54, 1.807) is 30.3 Å². The second-order valence-electron chi connectivity index (χ2n) is 3.48. The molecule has 0 fully saturated rings. The highest BCUT2D eigenvalue weighted by Crippen LogP contribution is 2.30. The highest BCUT2D eigenvalue weighted by atomic mass is 19.3. The predicted molar refractivity (Wildman–Crippen MR) is 58.4 cm³/mol. The monoisotopic (exact) mass is 256 g/mol. The van der Waals surface area contributed by atoms with Crippen molar-refractivity contribution in [2.75, 3.05) is 0 Å². The van der Waals surface area contributed by atoms with E-state index < -0.39 is 24.0 Å².